The summed E-state index contributed by atoms with van der Waals surface area (Å²) in [4.78, 5) is 4.40. The summed E-state index contributed by atoms with van der Waals surface area (Å²) in [6.07, 6.45) is 6.92. The number of fused-ring (bicyclic) bond motifs is 1. The maximum atomic E-state index is 4.40. The van der Waals surface area contributed by atoms with E-state index < -0.39 is 0 Å². The molecule has 0 amide bonds. The highest BCUT2D eigenvalue weighted by Crippen LogP contribution is 2.27. The van der Waals surface area contributed by atoms with E-state index in [1.807, 2.05) is 6.20 Å². The fourth-order valence-electron chi connectivity index (χ4n) is 1.99. The molecule has 1 aliphatic carbocycles. The van der Waals surface area contributed by atoms with Crippen LogP contribution in [0, 0.1) is 12.8 Å². The summed E-state index contributed by atoms with van der Waals surface area (Å²) in [5.74, 6) is 0.931. The van der Waals surface area contributed by atoms with Crippen LogP contribution in [0.2, 0.25) is 0 Å². The van der Waals surface area contributed by atoms with E-state index >= 15 is 0 Å². The Bertz CT molecular complexity index is 497. The lowest BCUT2D eigenvalue weighted by atomic mass is 10.3. The zero-order valence-electron chi connectivity index (χ0n) is 9.61. The van der Waals surface area contributed by atoms with Gasteiger partial charge in [-0.25, -0.2) is 4.98 Å². The van der Waals surface area contributed by atoms with E-state index in [1.54, 1.807) is 0 Å². The summed E-state index contributed by atoms with van der Waals surface area (Å²) in [5, 5.41) is 3.50. The lowest BCUT2D eigenvalue weighted by Gasteiger charge is -2.04. The summed E-state index contributed by atoms with van der Waals surface area (Å²) >= 11 is 0. The zero-order chi connectivity index (χ0) is 11.0. The number of pyridine rings is 1. The van der Waals surface area contributed by atoms with Gasteiger partial charge < -0.3 is 9.72 Å². The van der Waals surface area contributed by atoms with Crippen molar-refractivity contribution in [3.63, 3.8) is 0 Å². The third-order valence-electron chi connectivity index (χ3n) is 3.17. The van der Waals surface area contributed by atoms with Crippen molar-refractivity contribution in [3.8, 4) is 0 Å². The standard InChI is InChI=1S/C13H17N3/c1-10-2-5-13-15-8-12(16(13)9-10)7-14-6-11-3-4-11/h2,5,8-9,11,14H,3-4,6-7H2,1H3. The highest BCUT2D eigenvalue weighted by atomic mass is 15.0. The highest BCUT2D eigenvalue weighted by molar-refractivity contribution is 5.41. The van der Waals surface area contributed by atoms with E-state index in [-0.39, 0.29) is 0 Å². The average Bonchev–Trinajstić information content (AvgIpc) is 3.01. The zero-order valence-corrected chi connectivity index (χ0v) is 9.61. The largest absolute Gasteiger partial charge is 0.311 e. The van der Waals surface area contributed by atoms with Gasteiger partial charge in [0.05, 0.1) is 11.9 Å². The van der Waals surface area contributed by atoms with Gasteiger partial charge in [-0.15, -0.1) is 0 Å². The van der Waals surface area contributed by atoms with Crippen molar-refractivity contribution in [2.24, 2.45) is 5.92 Å². The molecule has 3 rings (SSSR count). The van der Waals surface area contributed by atoms with Gasteiger partial charge in [0.15, 0.2) is 0 Å². The fraction of sp³-hybridized carbons (Fsp3) is 0.462. The maximum absolute atomic E-state index is 4.40. The molecule has 2 aromatic heterocycles. The lowest BCUT2D eigenvalue weighted by molar-refractivity contribution is 0.627. The quantitative estimate of drug-likeness (QED) is 0.846. The van der Waals surface area contributed by atoms with Crippen molar-refractivity contribution in [2.75, 3.05) is 6.54 Å². The molecule has 2 aromatic rings. The molecule has 0 radical (unpaired) electrons. The Hall–Kier alpha value is -1.35. The van der Waals surface area contributed by atoms with Gasteiger partial charge in [-0.3, -0.25) is 0 Å². The minimum atomic E-state index is 0.918. The van der Waals surface area contributed by atoms with Gasteiger partial charge in [0, 0.05) is 12.7 Å². The highest BCUT2D eigenvalue weighted by Gasteiger charge is 2.20. The number of imidazole rings is 1. The fourth-order valence-corrected chi connectivity index (χ4v) is 1.99. The Morgan fingerprint density at radius 1 is 1.44 bits per heavy atom. The molecule has 0 unspecified atom stereocenters. The number of rotatable bonds is 4. The minimum absolute atomic E-state index is 0.918. The molecule has 0 aromatic carbocycles. The van der Waals surface area contributed by atoms with E-state index in [2.05, 4.69) is 40.0 Å². The molecule has 1 aliphatic rings. The van der Waals surface area contributed by atoms with Crippen LogP contribution in [-0.2, 0) is 6.54 Å². The predicted octanol–water partition coefficient (Wildman–Crippen LogP) is 2.14. The molecular formula is C13H17N3. The molecule has 0 aliphatic heterocycles. The first-order valence-corrected chi connectivity index (χ1v) is 5.96. The van der Waals surface area contributed by atoms with Crippen molar-refractivity contribution in [1.82, 2.24) is 14.7 Å². The van der Waals surface area contributed by atoms with Gasteiger partial charge in [0.25, 0.3) is 0 Å². The van der Waals surface area contributed by atoms with Crippen LogP contribution >= 0.6 is 0 Å². The van der Waals surface area contributed by atoms with Crippen LogP contribution in [-0.4, -0.2) is 15.9 Å². The van der Waals surface area contributed by atoms with E-state index in [9.17, 15) is 0 Å². The van der Waals surface area contributed by atoms with Crippen molar-refractivity contribution in [1.29, 1.82) is 0 Å². The molecule has 0 spiro atoms. The number of aryl methyl sites for hydroxylation is 1. The first-order valence-electron chi connectivity index (χ1n) is 5.96. The van der Waals surface area contributed by atoms with E-state index in [1.165, 1.54) is 24.1 Å². The predicted molar refractivity (Wildman–Crippen MR) is 64.4 cm³/mol. The van der Waals surface area contributed by atoms with Crippen LogP contribution in [0.15, 0.2) is 24.5 Å². The van der Waals surface area contributed by atoms with Gasteiger partial charge in [0.1, 0.15) is 5.65 Å². The summed E-state index contributed by atoms with van der Waals surface area (Å²) in [6, 6.07) is 4.17. The second-order valence-electron chi connectivity index (χ2n) is 4.76. The molecule has 3 heteroatoms. The van der Waals surface area contributed by atoms with Crippen LogP contribution in [0.3, 0.4) is 0 Å². The minimum Gasteiger partial charge on any atom is -0.311 e. The molecule has 84 valence electrons. The molecule has 3 nitrogen and oxygen atoms in total. The van der Waals surface area contributed by atoms with Gasteiger partial charge in [0.2, 0.25) is 0 Å². The van der Waals surface area contributed by atoms with Crippen LogP contribution < -0.4 is 5.32 Å². The second kappa shape index (κ2) is 3.91. The molecule has 16 heavy (non-hydrogen) atoms. The van der Waals surface area contributed by atoms with E-state index in [0.29, 0.717) is 0 Å². The monoisotopic (exact) mass is 215 g/mol. The molecule has 0 atom stereocenters. The molecule has 1 fully saturated rings. The summed E-state index contributed by atoms with van der Waals surface area (Å²) in [6.45, 7) is 4.18. The number of aromatic nitrogens is 2. The van der Waals surface area contributed by atoms with Gasteiger partial charge in [-0.05, 0) is 43.9 Å². The van der Waals surface area contributed by atoms with Crippen molar-refractivity contribution < 1.29 is 0 Å². The Labute approximate surface area is 95.5 Å². The number of hydrogen-bond acceptors (Lipinski definition) is 2. The number of nitrogens with zero attached hydrogens (tertiary/aromatic N) is 2. The Morgan fingerprint density at radius 3 is 3.12 bits per heavy atom. The first-order chi connectivity index (χ1) is 7.83. The van der Waals surface area contributed by atoms with Gasteiger partial charge in [-0.2, -0.15) is 0 Å². The lowest BCUT2D eigenvalue weighted by Crippen LogP contribution is -2.17. The maximum Gasteiger partial charge on any atom is 0.136 e. The summed E-state index contributed by atoms with van der Waals surface area (Å²) in [7, 11) is 0. The van der Waals surface area contributed by atoms with Crippen molar-refractivity contribution in [2.45, 2.75) is 26.3 Å². The molecule has 0 bridgehead atoms. The topological polar surface area (TPSA) is 29.3 Å². The number of nitrogens with one attached hydrogen (secondary N) is 1. The molecule has 0 saturated heterocycles. The third-order valence-corrected chi connectivity index (χ3v) is 3.17. The Morgan fingerprint density at radius 2 is 2.31 bits per heavy atom. The third kappa shape index (κ3) is 1.95. The van der Waals surface area contributed by atoms with Crippen molar-refractivity contribution >= 4 is 5.65 Å². The van der Waals surface area contributed by atoms with Crippen LogP contribution in [0.1, 0.15) is 24.1 Å². The normalized spacial score (nSPS) is 15.8. The SMILES string of the molecule is Cc1ccc2ncc(CNCC3CC3)n2c1. The average molecular weight is 215 g/mol. The van der Waals surface area contributed by atoms with Gasteiger partial charge in [-0.1, -0.05) is 6.07 Å². The van der Waals surface area contributed by atoms with Gasteiger partial charge >= 0.3 is 0 Å². The molecule has 2 heterocycles. The Balaban J connectivity index is 1.76. The molecule has 1 N–H and O–H groups in total. The number of hydrogen-bond donors (Lipinski definition) is 1. The van der Waals surface area contributed by atoms with Crippen LogP contribution in [0.25, 0.3) is 5.65 Å². The smallest absolute Gasteiger partial charge is 0.136 e. The molecule has 1 saturated carbocycles. The van der Waals surface area contributed by atoms with E-state index in [4.69, 9.17) is 0 Å². The first kappa shape index (κ1) is 9.85. The van der Waals surface area contributed by atoms with Crippen molar-refractivity contribution in [3.05, 3.63) is 35.8 Å². The van der Waals surface area contributed by atoms with E-state index in [0.717, 1.165) is 24.7 Å². The summed E-state index contributed by atoms with van der Waals surface area (Å²) < 4.78 is 2.18. The second-order valence-corrected chi connectivity index (χ2v) is 4.76. The molecular weight excluding hydrogens is 198 g/mol. The van der Waals surface area contributed by atoms with Crippen LogP contribution in [0.4, 0.5) is 0 Å². The Kier molecular flexibility index (Phi) is 2.40. The summed E-state index contributed by atoms with van der Waals surface area (Å²) in [5.41, 5.74) is 3.56. The van der Waals surface area contributed by atoms with Crippen LogP contribution in [0.5, 0.6) is 0 Å².